The van der Waals surface area contributed by atoms with Gasteiger partial charge in [0, 0.05) is 42.9 Å². The van der Waals surface area contributed by atoms with Crippen LogP contribution in [0, 0.1) is 12.8 Å². The fourth-order valence-corrected chi connectivity index (χ4v) is 3.76. The first-order valence-corrected chi connectivity index (χ1v) is 9.74. The molecule has 1 aromatic rings. The fourth-order valence-electron chi connectivity index (χ4n) is 3.59. The molecule has 1 aliphatic carbocycles. The van der Waals surface area contributed by atoms with Gasteiger partial charge in [-0.2, -0.15) is 0 Å². The first kappa shape index (κ1) is 21.4. The SMILES string of the molecule is CCNC(=NCC1CCN(c2cc(Cl)ccc2C)C1)NC1CC=CC1.I. The molecule has 0 saturated carbocycles. The van der Waals surface area contributed by atoms with E-state index in [0.717, 1.165) is 50.0 Å². The van der Waals surface area contributed by atoms with Gasteiger partial charge in [-0.1, -0.05) is 29.8 Å². The van der Waals surface area contributed by atoms with E-state index in [4.69, 9.17) is 16.6 Å². The monoisotopic (exact) mass is 488 g/mol. The van der Waals surface area contributed by atoms with Gasteiger partial charge in [0.2, 0.25) is 0 Å². The van der Waals surface area contributed by atoms with Crippen molar-refractivity contribution in [3.63, 3.8) is 0 Å². The van der Waals surface area contributed by atoms with Crippen molar-refractivity contribution in [2.24, 2.45) is 10.9 Å². The van der Waals surface area contributed by atoms with E-state index in [-0.39, 0.29) is 24.0 Å². The van der Waals surface area contributed by atoms with Gasteiger partial charge in [-0.15, -0.1) is 24.0 Å². The zero-order valence-electron chi connectivity index (χ0n) is 15.7. The average Bonchev–Trinajstić information content (AvgIpc) is 3.27. The van der Waals surface area contributed by atoms with Crippen molar-refractivity contribution < 1.29 is 0 Å². The van der Waals surface area contributed by atoms with Crippen LogP contribution < -0.4 is 15.5 Å². The maximum Gasteiger partial charge on any atom is 0.191 e. The first-order chi connectivity index (χ1) is 12.2. The summed E-state index contributed by atoms with van der Waals surface area (Å²) in [5.74, 6) is 1.55. The molecule has 0 spiro atoms. The summed E-state index contributed by atoms with van der Waals surface area (Å²) >= 11 is 6.18. The summed E-state index contributed by atoms with van der Waals surface area (Å²) in [6.45, 7) is 8.16. The molecular weight excluding hydrogens is 459 g/mol. The maximum atomic E-state index is 6.18. The molecule has 1 fully saturated rings. The Morgan fingerprint density at radius 2 is 2.08 bits per heavy atom. The lowest BCUT2D eigenvalue weighted by Crippen LogP contribution is -2.42. The molecule has 1 aromatic carbocycles. The molecule has 0 bridgehead atoms. The molecule has 1 saturated heterocycles. The van der Waals surface area contributed by atoms with Crippen molar-refractivity contribution in [3.8, 4) is 0 Å². The molecule has 1 aliphatic heterocycles. The van der Waals surface area contributed by atoms with E-state index >= 15 is 0 Å². The van der Waals surface area contributed by atoms with Gasteiger partial charge in [-0.05, 0) is 56.7 Å². The maximum absolute atomic E-state index is 6.18. The molecule has 1 atom stereocenters. The van der Waals surface area contributed by atoms with Crippen molar-refractivity contribution in [2.45, 2.75) is 39.2 Å². The fraction of sp³-hybridized carbons (Fsp3) is 0.550. The van der Waals surface area contributed by atoms with E-state index in [9.17, 15) is 0 Å². The van der Waals surface area contributed by atoms with Gasteiger partial charge in [0.05, 0.1) is 0 Å². The van der Waals surface area contributed by atoms with E-state index in [1.807, 2.05) is 6.07 Å². The minimum Gasteiger partial charge on any atom is -0.371 e. The smallest absolute Gasteiger partial charge is 0.191 e. The number of nitrogens with zero attached hydrogens (tertiary/aromatic N) is 2. The highest BCUT2D eigenvalue weighted by atomic mass is 127. The molecule has 2 N–H and O–H groups in total. The lowest BCUT2D eigenvalue weighted by molar-refractivity contribution is 0.589. The van der Waals surface area contributed by atoms with E-state index in [1.54, 1.807) is 0 Å². The summed E-state index contributed by atoms with van der Waals surface area (Å²) in [4.78, 5) is 7.29. The van der Waals surface area contributed by atoms with Gasteiger partial charge in [-0.3, -0.25) is 4.99 Å². The highest BCUT2D eigenvalue weighted by molar-refractivity contribution is 14.0. The number of halogens is 2. The van der Waals surface area contributed by atoms with Gasteiger partial charge < -0.3 is 15.5 Å². The van der Waals surface area contributed by atoms with Crippen LogP contribution in [0.4, 0.5) is 5.69 Å². The van der Waals surface area contributed by atoms with E-state index in [1.165, 1.54) is 17.7 Å². The number of aryl methyl sites for hydroxylation is 1. The van der Waals surface area contributed by atoms with Gasteiger partial charge in [-0.25, -0.2) is 0 Å². The van der Waals surface area contributed by atoms with Crippen LogP contribution in [0.3, 0.4) is 0 Å². The third kappa shape index (κ3) is 5.78. The minimum atomic E-state index is 0. The number of aliphatic imine (C=N–C) groups is 1. The Labute approximate surface area is 179 Å². The molecule has 3 rings (SSSR count). The highest BCUT2D eigenvalue weighted by Gasteiger charge is 2.24. The van der Waals surface area contributed by atoms with Crippen LogP contribution in [0.15, 0.2) is 35.3 Å². The zero-order valence-corrected chi connectivity index (χ0v) is 18.8. The zero-order chi connectivity index (χ0) is 17.6. The summed E-state index contributed by atoms with van der Waals surface area (Å²) in [7, 11) is 0. The van der Waals surface area contributed by atoms with Crippen LogP contribution in [0.2, 0.25) is 5.02 Å². The lowest BCUT2D eigenvalue weighted by atomic mass is 10.1. The quantitative estimate of drug-likeness (QED) is 0.280. The number of rotatable bonds is 5. The summed E-state index contributed by atoms with van der Waals surface area (Å²) in [5.41, 5.74) is 2.55. The Hall–Kier alpha value is -0.950. The molecule has 144 valence electrons. The Kier molecular flexibility index (Phi) is 8.54. The van der Waals surface area contributed by atoms with Crippen LogP contribution in [-0.2, 0) is 0 Å². The van der Waals surface area contributed by atoms with Gasteiger partial charge in [0.25, 0.3) is 0 Å². The predicted molar refractivity (Wildman–Crippen MR) is 123 cm³/mol. The molecule has 0 amide bonds. The Balaban J connectivity index is 0.00000243. The molecule has 1 unspecified atom stereocenters. The molecule has 26 heavy (non-hydrogen) atoms. The van der Waals surface area contributed by atoms with Gasteiger partial charge in [0.15, 0.2) is 5.96 Å². The molecule has 2 aliphatic rings. The van der Waals surface area contributed by atoms with Crippen LogP contribution in [0.25, 0.3) is 0 Å². The largest absolute Gasteiger partial charge is 0.371 e. The average molecular weight is 489 g/mol. The first-order valence-electron chi connectivity index (χ1n) is 9.36. The Morgan fingerprint density at radius 3 is 2.81 bits per heavy atom. The molecule has 1 heterocycles. The lowest BCUT2D eigenvalue weighted by Gasteiger charge is -2.21. The Bertz CT molecular complexity index is 639. The van der Waals surface area contributed by atoms with Crippen LogP contribution in [-0.4, -0.2) is 38.2 Å². The molecule has 0 aromatic heterocycles. The van der Waals surface area contributed by atoms with Crippen LogP contribution in [0.5, 0.6) is 0 Å². The molecular formula is C20H30ClIN4. The third-order valence-electron chi connectivity index (χ3n) is 5.00. The van der Waals surface area contributed by atoms with Crippen molar-refractivity contribution in [1.82, 2.24) is 10.6 Å². The summed E-state index contributed by atoms with van der Waals surface area (Å²) in [6, 6.07) is 6.64. The third-order valence-corrected chi connectivity index (χ3v) is 5.23. The number of hydrogen-bond acceptors (Lipinski definition) is 2. The second-order valence-corrected chi connectivity index (χ2v) is 7.47. The molecule has 6 heteroatoms. The van der Waals surface area contributed by atoms with Gasteiger partial charge >= 0.3 is 0 Å². The topological polar surface area (TPSA) is 39.7 Å². The standard InChI is InChI=1S/C20H29ClN4.HI/c1-3-22-20(24-18-6-4-5-7-18)23-13-16-10-11-25(14-16)19-12-17(21)9-8-15(19)2;/h4-5,8-9,12,16,18H,3,6-7,10-11,13-14H2,1-2H3,(H2,22,23,24);1H. The van der Waals surface area contributed by atoms with E-state index in [0.29, 0.717) is 12.0 Å². The molecule has 4 nitrogen and oxygen atoms in total. The summed E-state index contributed by atoms with van der Waals surface area (Å²) in [5, 5.41) is 7.73. The minimum absolute atomic E-state index is 0. The second kappa shape index (κ2) is 10.4. The number of anilines is 1. The number of hydrogen-bond donors (Lipinski definition) is 2. The van der Waals surface area contributed by atoms with Gasteiger partial charge in [0.1, 0.15) is 0 Å². The van der Waals surface area contributed by atoms with Crippen LogP contribution in [0.1, 0.15) is 31.7 Å². The van der Waals surface area contributed by atoms with Crippen LogP contribution >= 0.6 is 35.6 Å². The number of benzene rings is 1. The van der Waals surface area contributed by atoms with E-state index < -0.39 is 0 Å². The predicted octanol–water partition coefficient (Wildman–Crippen LogP) is 4.37. The Morgan fingerprint density at radius 1 is 1.31 bits per heavy atom. The number of guanidine groups is 1. The van der Waals surface area contributed by atoms with Crippen molar-refractivity contribution >= 4 is 47.2 Å². The second-order valence-electron chi connectivity index (χ2n) is 7.04. The van der Waals surface area contributed by atoms with E-state index in [2.05, 4.69) is 53.7 Å². The summed E-state index contributed by atoms with van der Waals surface area (Å²) < 4.78 is 0. The number of nitrogens with one attached hydrogen (secondary N) is 2. The van der Waals surface area contributed by atoms with Crippen molar-refractivity contribution in [2.75, 3.05) is 31.1 Å². The highest BCUT2D eigenvalue weighted by Crippen LogP contribution is 2.29. The van der Waals surface area contributed by atoms with Crippen molar-refractivity contribution in [1.29, 1.82) is 0 Å². The summed E-state index contributed by atoms with van der Waals surface area (Å²) in [6.07, 6.45) is 7.85. The molecule has 0 radical (unpaired) electrons. The van der Waals surface area contributed by atoms with Crippen molar-refractivity contribution in [3.05, 3.63) is 40.9 Å². The normalized spacial score (nSPS) is 20.3.